The molecule has 1 aromatic carbocycles. The number of aliphatic carboxylic acids is 1. The number of carbonyl (C=O) groups is 3. The molecule has 0 aliphatic carbocycles. The van der Waals surface area contributed by atoms with Gasteiger partial charge in [-0.3, -0.25) is 14.4 Å². The van der Waals surface area contributed by atoms with Crippen LogP contribution in [0.5, 0.6) is 0 Å². The van der Waals surface area contributed by atoms with Crippen molar-refractivity contribution in [1.82, 2.24) is 14.8 Å². The molecule has 1 fully saturated rings. The van der Waals surface area contributed by atoms with Gasteiger partial charge in [0.25, 0.3) is 5.91 Å². The van der Waals surface area contributed by atoms with Crippen LogP contribution in [-0.4, -0.2) is 62.8 Å². The molecule has 4 rings (SSSR count). The van der Waals surface area contributed by atoms with Crippen molar-refractivity contribution in [2.45, 2.75) is 59.4 Å². The Balaban J connectivity index is 1.71. The molecular formula is C29H33ClFN3O5. The third-order valence-corrected chi connectivity index (χ3v) is 7.51. The number of hydrogen-bond donors (Lipinski definition) is 1. The van der Waals surface area contributed by atoms with Gasteiger partial charge in [0, 0.05) is 36.8 Å². The van der Waals surface area contributed by atoms with Gasteiger partial charge in [-0.25, -0.2) is 9.37 Å². The van der Waals surface area contributed by atoms with E-state index in [1.54, 1.807) is 39.8 Å². The van der Waals surface area contributed by atoms with E-state index in [-0.39, 0.29) is 36.3 Å². The second-order valence-corrected chi connectivity index (χ2v) is 12.6. The zero-order valence-electron chi connectivity index (χ0n) is 23.2. The predicted octanol–water partition coefficient (Wildman–Crippen LogP) is 5.76. The van der Waals surface area contributed by atoms with E-state index < -0.39 is 34.1 Å². The van der Waals surface area contributed by atoms with Crippen molar-refractivity contribution in [2.24, 2.45) is 5.41 Å². The van der Waals surface area contributed by atoms with E-state index in [1.807, 2.05) is 26.8 Å². The summed E-state index contributed by atoms with van der Waals surface area (Å²) in [5, 5.41) is 9.51. The van der Waals surface area contributed by atoms with E-state index in [1.165, 1.54) is 21.9 Å². The number of nitrogens with zero attached hydrogens (tertiary/aromatic N) is 3. The Kier molecular flexibility index (Phi) is 7.04. The summed E-state index contributed by atoms with van der Waals surface area (Å²) in [7, 11) is 0. The van der Waals surface area contributed by atoms with Crippen LogP contribution in [0.4, 0.5) is 4.39 Å². The second-order valence-electron chi connectivity index (χ2n) is 12.2. The van der Waals surface area contributed by atoms with Gasteiger partial charge < -0.3 is 19.3 Å². The lowest BCUT2D eigenvalue weighted by Gasteiger charge is -2.46. The van der Waals surface area contributed by atoms with Crippen LogP contribution in [0.3, 0.4) is 0 Å². The Hall–Kier alpha value is -3.46. The summed E-state index contributed by atoms with van der Waals surface area (Å²) in [4.78, 5) is 46.3. The molecule has 2 aromatic heterocycles. The number of rotatable bonds is 5. The number of halogens is 2. The van der Waals surface area contributed by atoms with Gasteiger partial charge in [-0.05, 0) is 51.3 Å². The number of carboxylic acid groups (broad SMARTS) is 1. The molecule has 0 spiro atoms. The number of amides is 2. The summed E-state index contributed by atoms with van der Waals surface area (Å²) in [6, 6.07) is 7.82. The first-order chi connectivity index (χ1) is 17.9. The molecule has 0 bridgehead atoms. The fraction of sp³-hybridized carbons (Fsp3) is 0.448. The van der Waals surface area contributed by atoms with Crippen molar-refractivity contribution in [3.05, 3.63) is 52.5 Å². The van der Waals surface area contributed by atoms with E-state index in [9.17, 15) is 23.9 Å². The summed E-state index contributed by atoms with van der Waals surface area (Å²) >= 11 is 5.86. The number of furan rings is 1. The number of piperazine rings is 1. The molecule has 208 valence electrons. The van der Waals surface area contributed by atoms with E-state index in [0.717, 1.165) is 5.56 Å². The summed E-state index contributed by atoms with van der Waals surface area (Å²) < 4.78 is 20.3. The monoisotopic (exact) mass is 557 g/mol. The quantitative estimate of drug-likeness (QED) is 0.428. The van der Waals surface area contributed by atoms with Crippen molar-refractivity contribution < 1.29 is 28.3 Å². The maximum atomic E-state index is 14.2. The molecule has 0 radical (unpaired) electrons. The van der Waals surface area contributed by atoms with Crippen LogP contribution >= 0.6 is 11.6 Å². The number of carboxylic acids is 1. The van der Waals surface area contributed by atoms with Gasteiger partial charge in [-0.1, -0.05) is 38.4 Å². The van der Waals surface area contributed by atoms with Crippen molar-refractivity contribution in [3.8, 4) is 11.3 Å². The molecule has 1 aliphatic heterocycles. The third-order valence-electron chi connectivity index (χ3n) is 7.20. The molecule has 10 heteroatoms. The van der Waals surface area contributed by atoms with Crippen LogP contribution in [0, 0.1) is 11.2 Å². The maximum absolute atomic E-state index is 14.2. The van der Waals surface area contributed by atoms with Crippen molar-refractivity contribution in [3.63, 3.8) is 0 Å². The van der Waals surface area contributed by atoms with Crippen LogP contribution in [-0.2, 0) is 15.0 Å². The van der Waals surface area contributed by atoms with Crippen LogP contribution in [0.2, 0.25) is 5.02 Å². The van der Waals surface area contributed by atoms with Crippen LogP contribution in [0.1, 0.15) is 64.6 Å². The fourth-order valence-electron chi connectivity index (χ4n) is 4.78. The number of fused-ring (bicyclic) bond motifs is 1. The summed E-state index contributed by atoms with van der Waals surface area (Å²) in [5.41, 5.74) is -0.0498. The highest BCUT2D eigenvalue weighted by molar-refractivity contribution is 6.30. The van der Waals surface area contributed by atoms with Gasteiger partial charge in [0.2, 0.25) is 5.91 Å². The van der Waals surface area contributed by atoms with Gasteiger partial charge in [0.05, 0.1) is 16.1 Å². The smallest absolute Gasteiger partial charge is 0.310 e. The van der Waals surface area contributed by atoms with E-state index in [2.05, 4.69) is 4.98 Å². The minimum Gasteiger partial charge on any atom is -0.481 e. The molecule has 0 atom stereocenters. The normalized spacial score (nSPS) is 16.2. The highest BCUT2D eigenvalue weighted by atomic mass is 35.5. The Morgan fingerprint density at radius 3 is 2.38 bits per heavy atom. The lowest BCUT2D eigenvalue weighted by molar-refractivity contribution is -0.154. The Labute approximate surface area is 231 Å². The largest absolute Gasteiger partial charge is 0.481 e. The minimum atomic E-state index is -1.23. The molecule has 39 heavy (non-hydrogen) atoms. The lowest BCUT2D eigenvalue weighted by Crippen LogP contribution is -2.65. The molecule has 1 aliphatic rings. The zero-order valence-corrected chi connectivity index (χ0v) is 23.9. The fourth-order valence-corrected chi connectivity index (χ4v) is 4.89. The molecule has 0 saturated carbocycles. The topological polar surface area (TPSA) is 104 Å². The highest BCUT2D eigenvalue weighted by Crippen LogP contribution is 2.36. The van der Waals surface area contributed by atoms with Gasteiger partial charge in [-0.2, -0.15) is 0 Å². The molecular weight excluding hydrogens is 525 g/mol. The standard InChI is InChI=1S/C29H33ClFN3O5/c1-27(2,3)17-13-20(16-8-9-18(30)19(31)12-16)32-21-14-22(39-23(17)21)24(35)34-11-10-33(25(36)29(34,6)7)15-28(4,5)26(37)38/h8-9,12-14H,10-11,15H2,1-7H3,(H,37,38). The molecule has 0 unspecified atom stereocenters. The predicted molar refractivity (Wildman–Crippen MR) is 146 cm³/mol. The molecule has 1 saturated heterocycles. The maximum Gasteiger partial charge on any atom is 0.310 e. The van der Waals surface area contributed by atoms with Crippen molar-refractivity contribution >= 4 is 40.5 Å². The van der Waals surface area contributed by atoms with Gasteiger partial charge in [-0.15, -0.1) is 0 Å². The molecule has 1 N–H and O–H groups in total. The van der Waals surface area contributed by atoms with Crippen LogP contribution in [0.15, 0.2) is 34.7 Å². The van der Waals surface area contributed by atoms with Gasteiger partial charge in [0.15, 0.2) is 11.3 Å². The van der Waals surface area contributed by atoms with E-state index in [0.29, 0.717) is 22.4 Å². The summed E-state index contributed by atoms with van der Waals surface area (Å²) in [6.07, 6.45) is 0. The van der Waals surface area contributed by atoms with Gasteiger partial charge in [0.1, 0.15) is 16.9 Å². The number of carbonyl (C=O) groups excluding carboxylic acids is 2. The molecule has 8 nitrogen and oxygen atoms in total. The highest BCUT2D eigenvalue weighted by Gasteiger charge is 2.47. The Morgan fingerprint density at radius 2 is 1.79 bits per heavy atom. The van der Waals surface area contributed by atoms with Crippen molar-refractivity contribution in [2.75, 3.05) is 19.6 Å². The third kappa shape index (κ3) is 5.24. The Bertz CT molecular complexity index is 1490. The average Bonchev–Trinajstić information content (AvgIpc) is 3.26. The first-order valence-electron chi connectivity index (χ1n) is 12.7. The lowest BCUT2D eigenvalue weighted by atomic mass is 9.86. The first kappa shape index (κ1) is 28.5. The Morgan fingerprint density at radius 1 is 1.13 bits per heavy atom. The van der Waals surface area contributed by atoms with Crippen LogP contribution in [0.25, 0.3) is 22.4 Å². The van der Waals surface area contributed by atoms with Crippen molar-refractivity contribution in [1.29, 1.82) is 0 Å². The number of hydrogen-bond acceptors (Lipinski definition) is 5. The molecule has 2 amide bonds. The van der Waals surface area contributed by atoms with E-state index in [4.69, 9.17) is 16.0 Å². The molecule has 3 heterocycles. The molecule has 3 aromatic rings. The number of benzene rings is 1. The SMILES string of the molecule is CC(C)(CN1CCN(C(=O)c2cc3nc(-c4ccc(Cl)c(F)c4)cc(C(C)(C)C)c3o2)C(C)(C)C1=O)C(=O)O. The second kappa shape index (κ2) is 9.62. The number of aromatic nitrogens is 1. The minimum absolute atomic E-state index is 0.0100. The zero-order chi connectivity index (χ0) is 29.1. The van der Waals surface area contributed by atoms with Gasteiger partial charge >= 0.3 is 5.97 Å². The number of pyridine rings is 1. The summed E-state index contributed by atoms with van der Waals surface area (Å²) in [5.74, 6) is -2.34. The summed E-state index contributed by atoms with van der Waals surface area (Å²) in [6.45, 7) is 12.8. The average molecular weight is 558 g/mol. The first-order valence-corrected chi connectivity index (χ1v) is 13.1. The van der Waals surface area contributed by atoms with Crippen LogP contribution < -0.4 is 0 Å². The van der Waals surface area contributed by atoms with E-state index >= 15 is 0 Å².